The van der Waals surface area contributed by atoms with E-state index in [-0.39, 0.29) is 0 Å². The molecule has 354 valence electrons. The molecule has 3 heterocycles. The second kappa shape index (κ2) is 22.3. The minimum Gasteiger partial charge on any atom is -0.497 e. The summed E-state index contributed by atoms with van der Waals surface area (Å²) in [6, 6.07) is 66.5. The first-order valence-electron chi connectivity index (χ1n) is 23.8. The number of nitrogens with zero attached hydrogens (tertiary/aromatic N) is 3. The van der Waals surface area contributed by atoms with E-state index in [2.05, 4.69) is 130 Å². The van der Waals surface area contributed by atoms with Crippen molar-refractivity contribution < 1.29 is 18.9 Å². The maximum atomic E-state index is 5.47. The molecular formula is C67H47N3O4. The highest BCUT2D eigenvalue weighted by Crippen LogP contribution is 2.33. The summed E-state index contributed by atoms with van der Waals surface area (Å²) in [5, 5.41) is 0. The third-order valence-corrected chi connectivity index (χ3v) is 12.2. The summed E-state index contributed by atoms with van der Waals surface area (Å²) in [6.45, 7) is 0. The van der Waals surface area contributed by atoms with E-state index in [1.165, 1.54) is 0 Å². The van der Waals surface area contributed by atoms with Gasteiger partial charge in [0.1, 0.15) is 23.0 Å². The van der Waals surface area contributed by atoms with Crippen LogP contribution in [-0.4, -0.2) is 43.4 Å². The summed E-state index contributed by atoms with van der Waals surface area (Å²) < 4.78 is 21.9. The van der Waals surface area contributed by atoms with Gasteiger partial charge in [-0.3, -0.25) is 9.97 Å². The molecule has 7 nitrogen and oxygen atoms in total. The lowest BCUT2D eigenvalue weighted by atomic mass is 9.95. The molecule has 0 radical (unpaired) electrons. The monoisotopic (exact) mass is 957 g/mol. The summed E-state index contributed by atoms with van der Waals surface area (Å²) in [5.41, 5.74) is 15.8. The van der Waals surface area contributed by atoms with E-state index >= 15 is 0 Å². The highest BCUT2D eigenvalue weighted by Gasteiger charge is 2.11. The number of benzene rings is 7. The summed E-state index contributed by atoms with van der Waals surface area (Å²) in [7, 11) is 6.68. The van der Waals surface area contributed by atoms with E-state index in [0.717, 1.165) is 112 Å². The van der Waals surface area contributed by atoms with Crippen LogP contribution >= 0.6 is 0 Å². The van der Waals surface area contributed by atoms with Crippen LogP contribution in [0.3, 0.4) is 0 Å². The molecule has 10 aromatic rings. The summed E-state index contributed by atoms with van der Waals surface area (Å²) >= 11 is 0. The lowest BCUT2D eigenvalue weighted by Gasteiger charge is -2.10. The number of pyridine rings is 3. The average Bonchev–Trinajstić information content (AvgIpc) is 3.47. The average molecular weight is 958 g/mol. The molecule has 0 saturated carbocycles. The molecule has 0 atom stereocenters. The van der Waals surface area contributed by atoms with Gasteiger partial charge in [-0.15, -0.1) is 0 Å². The van der Waals surface area contributed by atoms with Gasteiger partial charge in [0.15, 0.2) is 0 Å². The number of aromatic nitrogens is 3. The van der Waals surface area contributed by atoms with E-state index in [4.69, 9.17) is 23.9 Å². The number of hydrogen-bond acceptors (Lipinski definition) is 7. The second-order valence-corrected chi connectivity index (χ2v) is 17.1. The Bertz CT molecular complexity index is 3430. The number of rotatable bonds is 10. The maximum absolute atomic E-state index is 5.47. The molecule has 3 aromatic heterocycles. The molecule has 0 amide bonds. The van der Waals surface area contributed by atoms with Gasteiger partial charge in [0.05, 0.1) is 51.2 Å². The van der Waals surface area contributed by atoms with Crippen LogP contribution in [0.4, 0.5) is 0 Å². The van der Waals surface area contributed by atoms with Gasteiger partial charge in [-0.05, 0) is 184 Å². The molecule has 7 heteroatoms. The predicted octanol–water partition coefficient (Wildman–Crippen LogP) is 14.1. The molecule has 7 aromatic carbocycles. The fourth-order valence-electron chi connectivity index (χ4n) is 8.37. The molecule has 0 aliphatic carbocycles. The van der Waals surface area contributed by atoms with E-state index < -0.39 is 0 Å². The minimum atomic E-state index is 0.695. The Labute approximate surface area is 432 Å². The molecule has 0 saturated heterocycles. The fourth-order valence-corrected chi connectivity index (χ4v) is 8.37. The lowest BCUT2D eigenvalue weighted by Crippen LogP contribution is -1.94. The van der Waals surface area contributed by atoms with Gasteiger partial charge in [0.2, 0.25) is 0 Å². The normalized spacial score (nSPS) is 10.4. The Kier molecular flexibility index (Phi) is 14.3. The van der Waals surface area contributed by atoms with Crippen molar-refractivity contribution in [3.8, 4) is 126 Å². The van der Waals surface area contributed by atoms with Gasteiger partial charge in [0.25, 0.3) is 0 Å². The van der Waals surface area contributed by atoms with Crippen molar-refractivity contribution in [2.75, 3.05) is 28.4 Å². The Morgan fingerprint density at radius 3 is 0.784 bits per heavy atom. The van der Waals surface area contributed by atoms with Crippen molar-refractivity contribution in [2.45, 2.75) is 0 Å². The van der Waals surface area contributed by atoms with E-state index in [0.29, 0.717) is 11.4 Å². The molecule has 0 aliphatic rings. The third-order valence-electron chi connectivity index (χ3n) is 12.2. The Balaban J connectivity index is 1.10. The van der Waals surface area contributed by atoms with Crippen molar-refractivity contribution in [1.82, 2.24) is 15.0 Å². The predicted molar refractivity (Wildman–Crippen MR) is 296 cm³/mol. The summed E-state index contributed by atoms with van der Waals surface area (Å²) in [6.07, 6.45) is 3.52. The Morgan fingerprint density at radius 1 is 0.257 bits per heavy atom. The zero-order chi connectivity index (χ0) is 50.6. The topological polar surface area (TPSA) is 75.6 Å². The summed E-state index contributed by atoms with van der Waals surface area (Å²) in [4.78, 5) is 14.1. The molecule has 0 unspecified atom stereocenters. The van der Waals surface area contributed by atoms with Gasteiger partial charge < -0.3 is 18.9 Å². The Hall–Kier alpha value is -10.1. The van der Waals surface area contributed by atoms with Crippen LogP contribution in [0.2, 0.25) is 0 Å². The zero-order valence-electron chi connectivity index (χ0n) is 41.2. The second-order valence-electron chi connectivity index (χ2n) is 17.1. The third kappa shape index (κ3) is 11.6. The molecule has 0 aliphatic heterocycles. The van der Waals surface area contributed by atoms with Gasteiger partial charge in [-0.25, -0.2) is 4.98 Å². The van der Waals surface area contributed by atoms with Crippen LogP contribution in [0.15, 0.2) is 213 Å². The van der Waals surface area contributed by atoms with Crippen LogP contribution in [0, 0.1) is 35.5 Å². The maximum Gasteiger partial charge on any atom is 0.118 e. The van der Waals surface area contributed by atoms with E-state index in [1.54, 1.807) is 40.8 Å². The molecule has 0 fully saturated rings. The smallest absolute Gasteiger partial charge is 0.118 e. The first kappa shape index (κ1) is 47.5. The van der Waals surface area contributed by atoms with Crippen LogP contribution in [0.25, 0.3) is 67.3 Å². The highest BCUT2D eigenvalue weighted by molar-refractivity contribution is 5.78. The number of methoxy groups -OCH3 is 4. The van der Waals surface area contributed by atoms with E-state index in [1.807, 2.05) is 115 Å². The van der Waals surface area contributed by atoms with Crippen molar-refractivity contribution >= 4 is 0 Å². The SMILES string of the molecule is COc1ccc(-c2cc(C#Cc3cc(C#Cc4cc(-c5ccc(OC)cc5)cc(-c5ccc(OC)cc5)c4)cc(C#Cc4cc(-c5ccccn5)nc(-c5ccccn5)c4)c3)cc(-c3ccc(OC)cc3)c2)cc1. The van der Waals surface area contributed by atoms with Crippen molar-refractivity contribution in [3.05, 3.63) is 246 Å². The largest absolute Gasteiger partial charge is 0.497 e. The number of hydrogen-bond donors (Lipinski definition) is 0. The van der Waals surface area contributed by atoms with Crippen LogP contribution < -0.4 is 18.9 Å². The molecule has 10 rings (SSSR count). The van der Waals surface area contributed by atoms with Gasteiger partial charge >= 0.3 is 0 Å². The van der Waals surface area contributed by atoms with Crippen LogP contribution in [0.1, 0.15) is 33.4 Å². The van der Waals surface area contributed by atoms with Crippen molar-refractivity contribution in [3.63, 3.8) is 0 Å². The Morgan fingerprint density at radius 2 is 0.527 bits per heavy atom. The minimum absolute atomic E-state index is 0.695. The lowest BCUT2D eigenvalue weighted by molar-refractivity contribution is 0.415. The van der Waals surface area contributed by atoms with Crippen LogP contribution in [0.5, 0.6) is 23.0 Å². The van der Waals surface area contributed by atoms with Crippen molar-refractivity contribution in [1.29, 1.82) is 0 Å². The van der Waals surface area contributed by atoms with Gasteiger partial charge in [-0.2, -0.15) is 0 Å². The van der Waals surface area contributed by atoms with Crippen LogP contribution in [-0.2, 0) is 0 Å². The van der Waals surface area contributed by atoms with Gasteiger partial charge in [-0.1, -0.05) is 96.2 Å². The summed E-state index contributed by atoms with van der Waals surface area (Å²) in [5.74, 6) is 24.1. The molecule has 0 bridgehead atoms. The highest BCUT2D eigenvalue weighted by atomic mass is 16.5. The first-order valence-corrected chi connectivity index (χ1v) is 23.8. The molecule has 74 heavy (non-hydrogen) atoms. The zero-order valence-corrected chi connectivity index (χ0v) is 41.2. The first-order chi connectivity index (χ1) is 36.4. The van der Waals surface area contributed by atoms with E-state index in [9.17, 15) is 0 Å². The molecule has 0 spiro atoms. The molecular weight excluding hydrogens is 911 g/mol. The van der Waals surface area contributed by atoms with Crippen molar-refractivity contribution in [2.24, 2.45) is 0 Å². The quantitative estimate of drug-likeness (QED) is 0.126. The fraction of sp³-hybridized carbons (Fsp3) is 0.0597. The van der Waals surface area contributed by atoms with Gasteiger partial charge in [0, 0.05) is 45.8 Å². The standard InChI is InChI=1S/C67H47N3O4/c1-71-60-25-17-52(18-26-60)56-38-49(39-57(44-56)53-19-27-61(72-2)28-20-53)14-11-46-35-47(12-15-50-40-58(54-21-29-62(73-3)30-22-54)45-59(41-50)55-23-31-63(74-4)32-24-55)37-48(36-46)13-16-51-42-66(64-9-5-7-33-68-64)70-67(43-51)65-10-6-8-34-69-65/h5-10,17-45H,1-4H3. The number of ether oxygens (including phenoxy) is 4. The molecule has 0 N–H and O–H groups in total.